The van der Waals surface area contributed by atoms with Gasteiger partial charge in [0.15, 0.2) is 0 Å². The normalized spacial score (nSPS) is 15.3. The summed E-state index contributed by atoms with van der Waals surface area (Å²) in [5.41, 5.74) is 0.935. The van der Waals surface area contributed by atoms with Crippen molar-refractivity contribution in [3.63, 3.8) is 0 Å². The number of aryl methyl sites for hydroxylation is 1. The highest BCUT2D eigenvalue weighted by Gasteiger charge is 2.12. The monoisotopic (exact) mass is 275 g/mol. The minimum absolute atomic E-state index is 0.418. The minimum atomic E-state index is 0.418. The Morgan fingerprint density at radius 2 is 2.10 bits per heavy atom. The lowest BCUT2D eigenvalue weighted by Gasteiger charge is -2.28. The van der Waals surface area contributed by atoms with Gasteiger partial charge in [0.05, 0.1) is 25.5 Å². The molecule has 2 aromatic heterocycles. The molecule has 7 heteroatoms. The van der Waals surface area contributed by atoms with E-state index in [1.165, 1.54) is 0 Å². The summed E-state index contributed by atoms with van der Waals surface area (Å²) in [4.78, 5) is 6.86. The van der Waals surface area contributed by atoms with Crippen molar-refractivity contribution < 1.29 is 9.15 Å². The molecule has 1 aliphatic heterocycles. The first kappa shape index (κ1) is 12.9. The molecule has 1 aliphatic rings. The minimum Gasteiger partial charge on any atom is -0.408 e. The average Bonchev–Trinajstić information content (AvgIpc) is 2.92. The standard InChI is InChI=1S/C13H17N5O2/c1-10-16-17-13(20-10)14-9-11-3-2-4-12(15-11)18-5-7-19-8-6-18/h2-4H,5-9H2,1H3,(H,14,17). The molecule has 0 radical (unpaired) electrons. The molecule has 3 heterocycles. The SMILES string of the molecule is Cc1nnc(NCc2cccc(N3CCOCC3)n2)o1. The molecule has 0 atom stereocenters. The van der Waals surface area contributed by atoms with Crippen LogP contribution in [0, 0.1) is 6.92 Å². The van der Waals surface area contributed by atoms with Gasteiger partial charge in [-0.2, -0.15) is 0 Å². The summed E-state index contributed by atoms with van der Waals surface area (Å²) in [7, 11) is 0. The summed E-state index contributed by atoms with van der Waals surface area (Å²) in [6.45, 7) is 5.59. The fourth-order valence-electron chi connectivity index (χ4n) is 2.07. The Balaban J connectivity index is 1.64. The predicted octanol–water partition coefficient (Wildman–Crippen LogP) is 1.22. The third-order valence-corrected chi connectivity index (χ3v) is 3.07. The Morgan fingerprint density at radius 1 is 1.25 bits per heavy atom. The largest absolute Gasteiger partial charge is 0.408 e. The van der Waals surface area contributed by atoms with Crippen molar-refractivity contribution in [1.29, 1.82) is 0 Å². The summed E-state index contributed by atoms with van der Waals surface area (Å²) >= 11 is 0. The lowest BCUT2D eigenvalue weighted by molar-refractivity contribution is 0.122. The number of hydrogen-bond acceptors (Lipinski definition) is 7. The van der Waals surface area contributed by atoms with Gasteiger partial charge in [-0.15, -0.1) is 5.10 Å². The number of nitrogens with one attached hydrogen (secondary N) is 1. The van der Waals surface area contributed by atoms with Gasteiger partial charge in [-0.3, -0.25) is 0 Å². The number of aromatic nitrogens is 3. The van der Waals surface area contributed by atoms with Crippen molar-refractivity contribution in [3.05, 3.63) is 29.8 Å². The van der Waals surface area contributed by atoms with E-state index in [0.29, 0.717) is 18.5 Å². The Hall–Kier alpha value is -2.15. The smallest absolute Gasteiger partial charge is 0.315 e. The third kappa shape index (κ3) is 3.05. The van der Waals surface area contributed by atoms with Crippen LogP contribution in [-0.2, 0) is 11.3 Å². The Kier molecular flexibility index (Phi) is 3.78. The van der Waals surface area contributed by atoms with Crippen molar-refractivity contribution in [1.82, 2.24) is 15.2 Å². The van der Waals surface area contributed by atoms with Gasteiger partial charge in [0.25, 0.3) is 0 Å². The number of anilines is 2. The highest BCUT2D eigenvalue weighted by molar-refractivity contribution is 5.40. The second kappa shape index (κ2) is 5.87. The van der Waals surface area contributed by atoms with Gasteiger partial charge in [0.2, 0.25) is 5.89 Å². The van der Waals surface area contributed by atoms with Gasteiger partial charge >= 0.3 is 6.01 Å². The summed E-state index contributed by atoms with van der Waals surface area (Å²) in [5.74, 6) is 1.52. The van der Waals surface area contributed by atoms with Crippen LogP contribution in [0.15, 0.2) is 22.6 Å². The van der Waals surface area contributed by atoms with Crippen LogP contribution < -0.4 is 10.2 Å². The Bertz CT molecular complexity index is 565. The number of hydrogen-bond donors (Lipinski definition) is 1. The predicted molar refractivity (Wildman–Crippen MR) is 73.6 cm³/mol. The number of ether oxygens (including phenoxy) is 1. The van der Waals surface area contributed by atoms with E-state index in [9.17, 15) is 0 Å². The van der Waals surface area contributed by atoms with Gasteiger partial charge < -0.3 is 19.4 Å². The second-order valence-electron chi connectivity index (χ2n) is 4.57. The van der Waals surface area contributed by atoms with Crippen LogP contribution in [0.3, 0.4) is 0 Å². The maximum Gasteiger partial charge on any atom is 0.315 e. The van der Waals surface area contributed by atoms with E-state index in [0.717, 1.165) is 37.8 Å². The maximum absolute atomic E-state index is 5.35. The molecule has 0 amide bonds. The molecule has 20 heavy (non-hydrogen) atoms. The molecule has 7 nitrogen and oxygen atoms in total. The molecule has 1 N–H and O–H groups in total. The summed E-state index contributed by atoms with van der Waals surface area (Å²) in [5, 5.41) is 10.7. The van der Waals surface area contributed by atoms with Crippen LogP contribution in [0.5, 0.6) is 0 Å². The number of pyridine rings is 1. The van der Waals surface area contributed by atoms with E-state index in [1.807, 2.05) is 18.2 Å². The van der Waals surface area contributed by atoms with Crippen LogP contribution >= 0.6 is 0 Å². The van der Waals surface area contributed by atoms with E-state index in [2.05, 4.69) is 25.4 Å². The molecular weight excluding hydrogens is 258 g/mol. The third-order valence-electron chi connectivity index (χ3n) is 3.07. The van der Waals surface area contributed by atoms with Crippen molar-refractivity contribution in [2.45, 2.75) is 13.5 Å². The van der Waals surface area contributed by atoms with Gasteiger partial charge in [-0.05, 0) is 12.1 Å². The van der Waals surface area contributed by atoms with Gasteiger partial charge in [0.1, 0.15) is 5.82 Å². The molecule has 1 fully saturated rings. The van der Waals surface area contributed by atoms with Crippen LogP contribution in [0.2, 0.25) is 0 Å². The summed E-state index contributed by atoms with van der Waals surface area (Å²) in [6, 6.07) is 6.42. The maximum atomic E-state index is 5.35. The highest BCUT2D eigenvalue weighted by Crippen LogP contribution is 2.14. The van der Waals surface area contributed by atoms with Crippen molar-refractivity contribution in [3.8, 4) is 0 Å². The zero-order valence-corrected chi connectivity index (χ0v) is 11.4. The summed E-state index contributed by atoms with van der Waals surface area (Å²) < 4.78 is 10.6. The first-order valence-electron chi connectivity index (χ1n) is 6.64. The Morgan fingerprint density at radius 3 is 2.85 bits per heavy atom. The molecule has 0 aliphatic carbocycles. The molecule has 0 unspecified atom stereocenters. The molecule has 2 aromatic rings. The zero-order chi connectivity index (χ0) is 13.8. The lowest BCUT2D eigenvalue weighted by Crippen LogP contribution is -2.36. The number of nitrogens with zero attached hydrogens (tertiary/aromatic N) is 4. The van der Waals surface area contributed by atoms with Crippen molar-refractivity contribution in [2.75, 3.05) is 36.5 Å². The first-order chi connectivity index (χ1) is 9.81. The van der Waals surface area contributed by atoms with Crippen molar-refractivity contribution >= 4 is 11.8 Å². The fraction of sp³-hybridized carbons (Fsp3) is 0.462. The zero-order valence-electron chi connectivity index (χ0n) is 11.4. The molecule has 0 spiro atoms. The molecule has 0 bridgehead atoms. The molecule has 1 saturated heterocycles. The van der Waals surface area contributed by atoms with E-state index in [-0.39, 0.29) is 0 Å². The topological polar surface area (TPSA) is 76.3 Å². The molecule has 106 valence electrons. The van der Waals surface area contributed by atoms with E-state index in [4.69, 9.17) is 9.15 Å². The van der Waals surface area contributed by atoms with Crippen LogP contribution in [0.1, 0.15) is 11.6 Å². The highest BCUT2D eigenvalue weighted by atomic mass is 16.5. The molecule has 0 aromatic carbocycles. The lowest BCUT2D eigenvalue weighted by atomic mass is 10.3. The van der Waals surface area contributed by atoms with Gasteiger partial charge in [0, 0.05) is 20.0 Å². The quantitative estimate of drug-likeness (QED) is 0.899. The Labute approximate surface area is 117 Å². The van der Waals surface area contributed by atoms with Gasteiger partial charge in [-0.1, -0.05) is 11.2 Å². The van der Waals surface area contributed by atoms with Crippen LogP contribution in [-0.4, -0.2) is 41.5 Å². The first-order valence-corrected chi connectivity index (χ1v) is 6.64. The molecule has 3 rings (SSSR count). The average molecular weight is 275 g/mol. The molecular formula is C13H17N5O2. The van der Waals surface area contributed by atoms with Gasteiger partial charge in [-0.25, -0.2) is 4.98 Å². The van der Waals surface area contributed by atoms with Crippen molar-refractivity contribution in [2.24, 2.45) is 0 Å². The molecule has 0 saturated carbocycles. The summed E-state index contributed by atoms with van der Waals surface area (Å²) in [6.07, 6.45) is 0. The van der Waals surface area contributed by atoms with Crippen LogP contribution in [0.25, 0.3) is 0 Å². The second-order valence-corrected chi connectivity index (χ2v) is 4.57. The number of morpholine rings is 1. The van der Waals surface area contributed by atoms with E-state index >= 15 is 0 Å². The number of rotatable bonds is 4. The van der Waals surface area contributed by atoms with E-state index in [1.54, 1.807) is 6.92 Å². The van der Waals surface area contributed by atoms with Crippen LogP contribution in [0.4, 0.5) is 11.8 Å². The fourth-order valence-corrected chi connectivity index (χ4v) is 2.07. The van der Waals surface area contributed by atoms with E-state index < -0.39 is 0 Å².